The number of aromatic carboxylic acids is 1. The van der Waals surface area contributed by atoms with Gasteiger partial charge in [0.05, 0.1) is 5.56 Å². The number of hydrogen-bond donors (Lipinski definition) is 1. The lowest BCUT2D eigenvalue weighted by atomic mass is 9.83. The molecule has 1 aliphatic rings. The maximum absolute atomic E-state index is 11.9. The van der Waals surface area contributed by atoms with Crippen molar-refractivity contribution in [3.63, 3.8) is 0 Å². The van der Waals surface area contributed by atoms with Crippen LogP contribution in [0.3, 0.4) is 0 Å². The summed E-state index contributed by atoms with van der Waals surface area (Å²) in [4.78, 5) is 13.8. The first-order chi connectivity index (χ1) is 15.0. The third kappa shape index (κ3) is 5.21. The van der Waals surface area contributed by atoms with Crippen molar-refractivity contribution in [2.75, 3.05) is 18.1 Å². The summed E-state index contributed by atoms with van der Waals surface area (Å²) in [6, 6.07) is 1.81. The van der Waals surface area contributed by atoms with E-state index in [1.807, 2.05) is 10.9 Å². The summed E-state index contributed by atoms with van der Waals surface area (Å²) in [5.74, 6) is 0.364. The van der Waals surface area contributed by atoms with E-state index in [4.69, 9.17) is 0 Å². The van der Waals surface area contributed by atoms with Crippen LogP contribution in [0.5, 0.6) is 0 Å². The van der Waals surface area contributed by atoms with E-state index < -0.39 is 5.97 Å². The Labute approximate surface area is 187 Å². The van der Waals surface area contributed by atoms with Gasteiger partial charge in [-0.1, -0.05) is 66.2 Å². The molecule has 1 aliphatic carbocycles. The van der Waals surface area contributed by atoms with Crippen LogP contribution in [0.2, 0.25) is 0 Å². The quantitative estimate of drug-likeness (QED) is 0.424. The number of nitrogens with zero attached hydrogens (tertiary/aromatic N) is 4. The highest BCUT2D eigenvalue weighted by molar-refractivity contribution is 5.97. The predicted octanol–water partition coefficient (Wildman–Crippen LogP) is 5.60. The number of carbonyl (C=O) groups is 1. The lowest BCUT2D eigenvalue weighted by Gasteiger charge is -2.32. The van der Waals surface area contributed by atoms with Crippen molar-refractivity contribution in [1.82, 2.24) is 15.1 Å². The third-order valence-electron chi connectivity index (χ3n) is 7.09. The Morgan fingerprint density at radius 3 is 2.06 bits per heavy atom. The summed E-state index contributed by atoms with van der Waals surface area (Å²) in [6.07, 6.45) is 11.4. The number of aromatic nitrogens is 3. The molecular formula is C25H40N4O2. The van der Waals surface area contributed by atoms with Gasteiger partial charge in [0, 0.05) is 13.1 Å². The van der Waals surface area contributed by atoms with Crippen LogP contribution in [0.4, 0.5) is 0 Å². The summed E-state index contributed by atoms with van der Waals surface area (Å²) < 4.78 is 0. The van der Waals surface area contributed by atoms with E-state index in [2.05, 4.69) is 43.0 Å². The summed E-state index contributed by atoms with van der Waals surface area (Å²) in [7, 11) is 0. The molecule has 1 aromatic carbocycles. The number of fused-ring (bicyclic) bond motifs is 3. The monoisotopic (exact) mass is 428 g/mol. The molecule has 6 nitrogen and oxygen atoms in total. The molecule has 31 heavy (non-hydrogen) atoms. The Morgan fingerprint density at radius 2 is 1.61 bits per heavy atom. The first-order valence-corrected chi connectivity index (χ1v) is 12.4. The maximum Gasteiger partial charge on any atom is 0.336 e. The van der Waals surface area contributed by atoms with Gasteiger partial charge >= 0.3 is 5.97 Å². The smallest absolute Gasteiger partial charge is 0.336 e. The Kier molecular flexibility index (Phi) is 8.33. The average Bonchev–Trinajstić information content (AvgIpc) is 3.14. The summed E-state index contributed by atoms with van der Waals surface area (Å²) in [5, 5.41) is 21.2. The molecule has 0 saturated heterocycles. The Bertz CT molecular complexity index is 858. The number of unbranched alkanes of at least 4 members (excludes halogenated alkanes) is 2. The standard InChI is InChI=1S/C25H40N4O2/c1-5-9-11-18(7-3)16-28(17-19(8-4)12-10-6-2)29-23-15-22(25(30)31)20-13-14-21(20)24(23)26-27-29/h15,18-19H,5-14,16-17H2,1-4H3,(H,30,31). The molecule has 6 heteroatoms. The van der Waals surface area contributed by atoms with E-state index in [1.165, 1.54) is 38.5 Å². The second-order valence-electron chi connectivity index (χ2n) is 9.24. The Hall–Kier alpha value is -2.11. The second-order valence-corrected chi connectivity index (χ2v) is 9.24. The molecule has 0 bridgehead atoms. The molecule has 172 valence electrons. The molecule has 0 amide bonds. The molecule has 2 unspecified atom stereocenters. The molecular weight excluding hydrogens is 388 g/mol. The molecule has 2 atom stereocenters. The fraction of sp³-hybridized carbons (Fsp3) is 0.720. The summed E-state index contributed by atoms with van der Waals surface area (Å²) in [6.45, 7) is 10.9. The van der Waals surface area contributed by atoms with Gasteiger partial charge in [-0.15, -0.1) is 5.10 Å². The van der Waals surface area contributed by atoms with Gasteiger partial charge in [0.1, 0.15) is 11.0 Å². The van der Waals surface area contributed by atoms with Gasteiger partial charge in [-0.05, 0) is 59.9 Å². The summed E-state index contributed by atoms with van der Waals surface area (Å²) >= 11 is 0. The number of benzene rings is 1. The van der Waals surface area contributed by atoms with Crippen LogP contribution in [-0.4, -0.2) is 39.3 Å². The minimum absolute atomic E-state index is 0.424. The minimum atomic E-state index is -0.846. The molecule has 0 radical (unpaired) electrons. The fourth-order valence-corrected chi connectivity index (χ4v) is 4.84. The van der Waals surface area contributed by atoms with Gasteiger partial charge in [-0.3, -0.25) is 5.01 Å². The van der Waals surface area contributed by atoms with Gasteiger partial charge in [0.25, 0.3) is 0 Å². The Morgan fingerprint density at radius 1 is 1.03 bits per heavy atom. The van der Waals surface area contributed by atoms with E-state index in [0.29, 0.717) is 17.4 Å². The molecule has 2 aromatic rings. The number of carboxylic acid groups (broad SMARTS) is 1. The van der Waals surface area contributed by atoms with Crippen LogP contribution in [-0.2, 0) is 12.8 Å². The fourth-order valence-electron chi connectivity index (χ4n) is 4.84. The highest BCUT2D eigenvalue weighted by atomic mass is 16.4. The SMILES string of the molecule is CCCCC(CC)CN(CC(CC)CCCC)n1nnc2c3c(c(C(=O)O)cc21)CC3. The molecule has 1 N–H and O–H groups in total. The van der Waals surface area contributed by atoms with Crippen molar-refractivity contribution in [2.24, 2.45) is 11.8 Å². The summed E-state index contributed by atoms with van der Waals surface area (Å²) in [5.41, 5.74) is 4.19. The zero-order valence-electron chi connectivity index (χ0n) is 19.9. The third-order valence-corrected chi connectivity index (χ3v) is 7.09. The predicted molar refractivity (Wildman–Crippen MR) is 126 cm³/mol. The van der Waals surface area contributed by atoms with Gasteiger partial charge in [-0.25, -0.2) is 4.79 Å². The van der Waals surface area contributed by atoms with Crippen molar-refractivity contribution in [1.29, 1.82) is 0 Å². The second kappa shape index (κ2) is 11.0. The van der Waals surface area contributed by atoms with E-state index in [1.54, 1.807) is 0 Å². The number of hydrogen-bond acceptors (Lipinski definition) is 4. The lowest BCUT2D eigenvalue weighted by molar-refractivity contribution is 0.0695. The zero-order valence-corrected chi connectivity index (χ0v) is 19.9. The molecule has 0 spiro atoms. The van der Waals surface area contributed by atoms with E-state index in [-0.39, 0.29) is 0 Å². The van der Waals surface area contributed by atoms with Crippen LogP contribution < -0.4 is 5.01 Å². The Balaban J connectivity index is 1.97. The molecule has 1 heterocycles. The van der Waals surface area contributed by atoms with Gasteiger partial charge in [0.15, 0.2) is 0 Å². The highest BCUT2D eigenvalue weighted by Crippen LogP contribution is 2.33. The van der Waals surface area contributed by atoms with Crippen molar-refractivity contribution >= 4 is 17.0 Å². The van der Waals surface area contributed by atoms with E-state index >= 15 is 0 Å². The highest BCUT2D eigenvalue weighted by Gasteiger charge is 2.28. The first-order valence-electron chi connectivity index (χ1n) is 12.4. The van der Waals surface area contributed by atoms with Crippen LogP contribution >= 0.6 is 0 Å². The minimum Gasteiger partial charge on any atom is -0.478 e. The molecule has 0 fully saturated rings. The molecule has 0 saturated carbocycles. The molecule has 3 rings (SSSR count). The lowest BCUT2D eigenvalue weighted by Crippen LogP contribution is -2.43. The van der Waals surface area contributed by atoms with Gasteiger partial charge in [0.2, 0.25) is 0 Å². The van der Waals surface area contributed by atoms with Gasteiger partial charge < -0.3 is 5.11 Å². The number of rotatable bonds is 14. The van der Waals surface area contributed by atoms with Crippen molar-refractivity contribution in [3.05, 3.63) is 22.8 Å². The van der Waals surface area contributed by atoms with E-state index in [0.717, 1.165) is 60.9 Å². The molecule has 1 aromatic heterocycles. The number of aryl methyl sites for hydroxylation is 1. The van der Waals surface area contributed by atoms with Crippen LogP contribution in [0.25, 0.3) is 11.0 Å². The van der Waals surface area contributed by atoms with Crippen LogP contribution in [0.1, 0.15) is 101 Å². The van der Waals surface area contributed by atoms with E-state index in [9.17, 15) is 9.90 Å². The maximum atomic E-state index is 11.9. The van der Waals surface area contributed by atoms with Crippen molar-refractivity contribution in [2.45, 2.75) is 91.9 Å². The van der Waals surface area contributed by atoms with Crippen molar-refractivity contribution < 1.29 is 9.90 Å². The normalized spacial score (nSPS) is 14.8. The largest absolute Gasteiger partial charge is 0.478 e. The van der Waals surface area contributed by atoms with Crippen LogP contribution in [0, 0.1) is 11.8 Å². The number of carboxylic acids is 1. The van der Waals surface area contributed by atoms with Crippen molar-refractivity contribution in [3.8, 4) is 0 Å². The molecule has 0 aliphatic heterocycles. The van der Waals surface area contributed by atoms with Gasteiger partial charge in [-0.2, -0.15) is 4.79 Å². The zero-order chi connectivity index (χ0) is 22.4. The average molecular weight is 429 g/mol. The first kappa shape index (κ1) is 23.6. The van der Waals surface area contributed by atoms with Crippen LogP contribution in [0.15, 0.2) is 6.07 Å². The topological polar surface area (TPSA) is 71.2 Å².